The number of fused-ring (bicyclic) bond motifs is 1. The van der Waals surface area contributed by atoms with Gasteiger partial charge in [-0.3, -0.25) is 14.6 Å². The first-order valence-corrected chi connectivity index (χ1v) is 17.1. The molecule has 0 atom stereocenters. The summed E-state index contributed by atoms with van der Waals surface area (Å²) in [5, 5.41) is 21.1. The van der Waals surface area contributed by atoms with Crippen molar-refractivity contribution in [2.24, 2.45) is 0 Å². The lowest BCUT2D eigenvalue weighted by Crippen LogP contribution is -2.38. The van der Waals surface area contributed by atoms with E-state index >= 15 is 0 Å². The van der Waals surface area contributed by atoms with Crippen LogP contribution >= 0.6 is 24.0 Å². The van der Waals surface area contributed by atoms with Gasteiger partial charge in [-0.25, -0.2) is 4.79 Å². The number of amides is 1. The van der Waals surface area contributed by atoms with Crippen LogP contribution in [-0.2, 0) is 9.53 Å². The van der Waals surface area contributed by atoms with E-state index < -0.39 is 5.97 Å². The number of thioether (sulfide) groups is 1. The molecule has 2 N–H and O–H groups in total. The average molecular weight is 701 g/mol. The number of ether oxygens (including phenoxy) is 4. The van der Waals surface area contributed by atoms with Gasteiger partial charge in [0.2, 0.25) is 0 Å². The molecule has 1 amide bonds. The number of morpholine rings is 1. The van der Waals surface area contributed by atoms with Crippen LogP contribution in [0.25, 0.3) is 28.0 Å². The maximum absolute atomic E-state index is 13.6. The zero-order valence-electron chi connectivity index (χ0n) is 26.9. The summed E-state index contributed by atoms with van der Waals surface area (Å²) >= 11 is 6.86. The van der Waals surface area contributed by atoms with E-state index in [1.807, 2.05) is 42.5 Å². The summed E-state index contributed by atoms with van der Waals surface area (Å²) < 4.78 is 23.3. The van der Waals surface area contributed by atoms with Gasteiger partial charge in [0.1, 0.15) is 22.4 Å². The van der Waals surface area contributed by atoms with Gasteiger partial charge in [0.25, 0.3) is 5.91 Å². The molecule has 2 heterocycles. The van der Waals surface area contributed by atoms with E-state index in [4.69, 9.17) is 31.2 Å². The van der Waals surface area contributed by atoms with Crippen molar-refractivity contribution in [3.05, 3.63) is 88.8 Å². The molecule has 0 spiro atoms. The lowest BCUT2D eigenvalue weighted by atomic mass is 9.99. The van der Waals surface area contributed by atoms with Crippen molar-refractivity contribution in [3.63, 3.8) is 0 Å². The zero-order valence-corrected chi connectivity index (χ0v) is 28.6. The van der Waals surface area contributed by atoms with E-state index in [1.54, 1.807) is 23.1 Å². The van der Waals surface area contributed by atoms with Crippen molar-refractivity contribution in [2.75, 3.05) is 59.7 Å². The van der Waals surface area contributed by atoms with Crippen LogP contribution in [0.5, 0.6) is 23.0 Å². The Morgan fingerprint density at radius 2 is 1.61 bits per heavy atom. The Bertz CT molecular complexity index is 1910. The van der Waals surface area contributed by atoms with Gasteiger partial charge >= 0.3 is 5.97 Å². The monoisotopic (exact) mass is 700 g/mol. The molecule has 10 nitrogen and oxygen atoms in total. The third-order valence-corrected chi connectivity index (χ3v) is 9.67. The molecule has 4 aromatic carbocycles. The fourth-order valence-electron chi connectivity index (χ4n) is 5.65. The smallest absolute Gasteiger partial charge is 0.335 e. The number of carbonyl (C=O) groups is 2. The van der Waals surface area contributed by atoms with Gasteiger partial charge in [0.15, 0.2) is 11.5 Å². The highest BCUT2D eigenvalue weighted by Crippen LogP contribution is 2.37. The number of rotatable bonds is 13. The summed E-state index contributed by atoms with van der Waals surface area (Å²) in [5.41, 5.74) is 2.82. The minimum atomic E-state index is -1.05. The Morgan fingerprint density at radius 3 is 2.41 bits per heavy atom. The normalized spacial score (nSPS) is 16.0. The molecule has 2 saturated heterocycles. The fraction of sp³-hybridized carbons (Fsp3) is 0.270. The summed E-state index contributed by atoms with van der Waals surface area (Å²) in [6.07, 6.45) is 2.34. The highest BCUT2D eigenvalue weighted by molar-refractivity contribution is 8.26. The second kappa shape index (κ2) is 15.7. The fourth-order valence-corrected chi connectivity index (χ4v) is 6.95. The van der Waals surface area contributed by atoms with E-state index in [9.17, 15) is 19.8 Å². The number of phenols is 1. The van der Waals surface area contributed by atoms with Gasteiger partial charge in [0, 0.05) is 31.7 Å². The Labute approximate surface area is 293 Å². The minimum absolute atomic E-state index is 0.100. The minimum Gasteiger partial charge on any atom is -0.508 e. The Balaban J connectivity index is 1.18. The van der Waals surface area contributed by atoms with Crippen LogP contribution in [0.3, 0.4) is 0 Å². The molecular formula is C37H36N2O8S2. The van der Waals surface area contributed by atoms with Crippen LogP contribution in [0.4, 0.5) is 0 Å². The number of carboxylic acid groups (broad SMARTS) is 1. The molecule has 6 rings (SSSR count). The number of hydrogen-bond donors (Lipinski definition) is 2. The summed E-state index contributed by atoms with van der Waals surface area (Å²) in [7, 11) is 1.45. The second-order valence-electron chi connectivity index (χ2n) is 11.5. The van der Waals surface area contributed by atoms with Crippen LogP contribution in [0.1, 0.15) is 22.3 Å². The number of nitrogens with zero attached hydrogens (tertiary/aromatic N) is 2. The van der Waals surface area contributed by atoms with Crippen molar-refractivity contribution in [1.82, 2.24) is 9.80 Å². The molecule has 0 saturated carbocycles. The average Bonchev–Trinajstić information content (AvgIpc) is 3.38. The van der Waals surface area contributed by atoms with E-state index in [1.165, 1.54) is 31.0 Å². The second-order valence-corrected chi connectivity index (χ2v) is 13.2. The number of methoxy groups -OCH3 is 1. The van der Waals surface area contributed by atoms with Gasteiger partial charge in [-0.15, -0.1) is 0 Å². The Kier molecular flexibility index (Phi) is 11.0. The van der Waals surface area contributed by atoms with E-state index in [0.717, 1.165) is 47.1 Å². The molecule has 254 valence electrons. The van der Waals surface area contributed by atoms with Crippen LogP contribution in [0.15, 0.2) is 77.7 Å². The number of carbonyl (C=O) groups excluding carboxylic acids is 1. The Hall–Kier alpha value is -4.62. The molecule has 12 heteroatoms. The maximum Gasteiger partial charge on any atom is 0.335 e. The van der Waals surface area contributed by atoms with Crippen molar-refractivity contribution in [3.8, 4) is 34.1 Å². The predicted octanol–water partition coefficient (Wildman–Crippen LogP) is 6.30. The first-order valence-electron chi connectivity index (χ1n) is 15.9. The molecule has 2 aliphatic heterocycles. The largest absolute Gasteiger partial charge is 0.508 e. The predicted molar refractivity (Wildman–Crippen MR) is 194 cm³/mol. The SMILES string of the molecule is COc1cc(C(=O)O)ccc1OCCCN1C(=O)C(=Cc2cc(-c3ccc4cc(O)ccc4c3)ccc2OCCN2CCOCC2)SC1=S. The van der Waals surface area contributed by atoms with Crippen molar-refractivity contribution < 1.29 is 38.7 Å². The van der Waals surface area contributed by atoms with Gasteiger partial charge in [0.05, 0.1) is 37.4 Å². The van der Waals surface area contributed by atoms with Crippen molar-refractivity contribution in [2.45, 2.75) is 6.42 Å². The van der Waals surface area contributed by atoms with Crippen molar-refractivity contribution >= 4 is 57.0 Å². The van der Waals surface area contributed by atoms with Crippen molar-refractivity contribution in [1.29, 1.82) is 0 Å². The molecule has 49 heavy (non-hydrogen) atoms. The summed E-state index contributed by atoms with van der Waals surface area (Å²) in [6, 6.07) is 21.8. The molecule has 0 aliphatic carbocycles. The van der Waals surface area contributed by atoms with Crippen LogP contribution in [0.2, 0.25) is 0 Å². The van der Waals surface area contributed by atoms with Gasteiger partial charge in [-0.1, -0.05) is 48.2 Å². The lowest BCUT2D eigenvalue weighted by molar-refractivity contribution is -0.122. The molecule has 2 aliphatic rings. The van der Waals surface area contributed by atoms with Gasteiger partial charge in [-0.05, 0) is 82.9 Å². The van der Waals surface area contributed by atoms with Crippen LogP contribution in [-0.4, -0.2) is 95.9 Å². The molecule has 0 aromatic heterocycles. The van der Waals surface area contributed by atoms with E-state index in [-0.39, 0.29) is 23.8 Å². The number of aromatic hydroxyl groups is 1. The number of hydrogen-bond acceptors (Lipinski definition) is 10. The topological polar surface area (TPSA) is 118 Å². The first-order chi connectivity index (χ1) is 23.8. The van der Waals surface area contributed by atoms with Crippen LogP contribution in [0, 0.1) is 0 Å². The van der Waals surface area contributed by atoms with Gasteiger partial charge in [-0.2, -0.15) is 0 Å². The highest BCUT2D eigenvalue weighted by atomic mass is 32.2. The third-order valence-electron chi connectivity index (χ3n) is 8.29. The standard InChI is InChI=1S/C37H36N2O8S2/c1-44-33-22-28(36(42)43)7-10-32(33)46-15-2-11-39-35(41)34(49-37(39)48)23-29-20-26(24-3-4-27-21-30(40)8-5-25(27)19-24)6-9-31(29)47-18-14-38-12-16-45-17-13-38/h3-10,19-23,40H,2,11-18H2,1H3,(H,42,43). The summed E-state index contributed by atoms with van der Waals surface area (Å²) in [5.74, 6) is 0.391. The van der Waals surface area contributed by atoms with E-state index in [0.29, 0.717) is 59.3 Å². The number of phenolic OH excluding ortho intramolecular Hbond substituents is 1. The Morgan fingerprint density at radius 1 is 0.898 bits per heavy atom. The number of benzene rings is 4. The number of thiocarbonyl (C=S) groups is 1. The number of carboxylic acids is 1. The summed E-state index contributed by atoms with van der Waals surface area (Å²) in [6.45, 7) is 5.05. The lowest BCUT2D eigenvalue weighted by Gasteiger charge is -2.26. The zero-order chi connectivity index (χ0) is 34.3. The quantitative estimate of drug-likeness (QED) is 0.0930. The van der Waals surface area contributed by atoms with Gasteiger partial charge < -0.3 is 29.2 Å². The molecule has 4 aromatic rings. The molecule has 0 radical (unpaired) electrons. The van der Waals surface area contributed by atoms with E-state index in [2.05, 4.69) is 11.0 Å². The van der Waals surface area contributed by atoms with Crippen LogP contribution < -0.4 is 14.2 Å². The molecular weight excluding hydrogens is 665 g/mol. The number of aromatic carboxylic acids is 1. The first kappa shape index (κ1) is 34.3. The molecule has 0 unspecified atom stereocenters. The maximum atomic E-state index is 13.6. The highest BCUT2D eigenvalue weighted by Gasteiger charge is 2.32. The molecule has 2 fully saturated rings. The third kappa shape index (κ3) is 8.34. The molecule has 0 bridgehead atoms. The summed E-state index contributed by atoms with van der Waals surface area (Å²) in [4.78, 5) is 29.3.